The molecule has 0 unspecified atom stereocenters. The summed E-state index contributed by atoms with van der Waals surface area (Å²) in [5.41, 5.74) is 0.556. The molecule has 29 heavy (non-hydrogen) atoms. The minimum absolute atomic E-state index is 0.0620. The third kappa shape index (κ3) is 3.09. The predicted octanol–water partition coefficient (Wildman–Crippen LogP) is 3.60. The van der Waals surface area contributed by atoms with Gasteiger partial charge in [0.05, 0.1) is 13.2 Å². The average Bonchev–Trinajstić information content (AvgIpc) is 2.66. The molecule has 152 valence electrons. The van der Waals surface area contributed by atoms with Crippen LogP contribution in [-0.4, -0.2) is 42.8 Å². The fraction of sp³-hybridized carbons (Fsp3) is 0.333. The molecule has 0 aliphatic carbocycles. The zero-order valence-corrected chi connectivity index (χ0v) is 18.2. The topological polar surface area (TPSA) is 54.0 Å². The predicted molar refractivity (Wildman–Crippen MR) is 117 cm³/mol. The SMILES string of the molecule is COc1ccc2c(c1)[C@H]1NC(=S)N(c3cccc(Cl)c3)[C@@](C)(O2)[C@@H]1C(=O)N(C)C. The summed E-state index contributed by atoms with van der Waals surface area (Å²) in [5.74, 6) is 0.760. The molecule has 1 amide bonds. The highest BCUT2D eigenvalue weighted by molar-refractivity contribution is 7.80. The number of carbonyl (C=O) groups is 1. The number of amides is 1. The number of thiocarbonyl (C=S) groups is 1. The van der Waals surface area contributed by atoms with Gasteiger partial charge in [-0.25, -0.2) is 0 Å². The number of methoxy groups -OCH3 is 1. The van der Waals surface area contributed by atoms with Crippen LogP contribution < -0.4 is 19.7 Å². The molecule has 1 saturated heterocycles. The van der Waals surface area contributed by atoms with Crippen molar-refractivity contribution in [3.05, 3.63) is 53.1 Å². The summed E-state index contributed by atoms with van der Waals surface area (Å²) in [6, 6.07) is 12.6. The number of benzene rings is 2. The molecule has 2 aliphatic rings. The van der Waals surface area contributed by atoms with Gasteiger partial charge in [-0.2, -0.15) is 0 Å². The van der Waals surface area contributed by atoms with Gasteiger partial charge in [-0.3, -0.25) is 9.69 Å². The van der Waals surface area contributed by atoms with Crippen LogP contribution >= 0.6 is 23.8 Å². The van der Waals surface area contributed by atoms with E-state index in [0.717, 1.165) is 11.3 Å². The molecular formula is C21H22ClN3O3S. The minimum atomic E-state index is -1.04. The van der Waals surface area contributed by atoms with Crippen molar-refractivity contribution in [3.63, 3.8) is 0 Å². The average molecular weight is 432 g/mol. The lowest BCUT2D eigenvalue weighted by molar-refractivity contribution is -0.144. The third-order valence-corrected chi connectivity index (χ3v) is 6.01. The van der Waals surface area contributed by atoms with Crippen LogP contribution in [0.1, 0.15) is 18.5 Å². The van der Waals surface area contributed by atoms with Gasteiger partial charge in [0, 0.05) is 30.4 Å². The Labute approximate surface area is 180 Å². The van der Waals surface area contributed by atoms with Crippen molar-refractivity contribution < 1.29 is 14.3 Å². The molecule has 1 N–H and O–H groups in total. The van der Waals surface area contributed by atoms with Crippen molar-refractivity contribution in [1.82, 2.24) is 10.2 Å². The fourth-order valence-electron chi connectivity index (χ4n) is 4.15. The van der Waals surface area contributed by atoms with Crippen LogP contribution in [-0.2, 0) is 4.79 Å². The second kappa shape index (κ2) is 7.07. The molecular weight excluding hydrogens is 410 g/mol. The zero-order valence-electron chi connectivity index (χ0n) is 16.6. The van der Waals surface area contributed by atoms with E-state index >= 15 is 0 Å². The van der Waals surface area contributed by atoms with Crippen molar-refractivity contribution in [1.29, 1.82) is 0 Å². The van der Waals surface area contributed by atoms with E-state index < -0.39 is 11.6 Å². The second-order valence-corrected chi connectivity index (χ2v) is 8.34. The molecule has 0 radical (unpaired) electrons. The van der Waals surface area contributed by atoms with Crippen LogP contribution in [0.25, 0.3) is 0 Å². The van der Waals surface area contributed by atoms with Gasteiger partial charge in [0.2, 0.25) is 5.91 Å². The maximum absolute atomic E-state index is 13.3. The molecule has 8 heteroatoms. The Hall–Kier alpha value is -2.51. The first-order valence-corrected chi connectivity index (χ1v) is 9.99. The highest BCUT2D eigenvalue weighted by atomic mass is 35.5. The van der Waals surface area contributed by atoms with E-state index in [1.807, 2.05) is 48.2 Å². The molecule has 6 nitrogen and oxygen atoms in total. The van der Waals surface area contributed by atoms with Crippen LogP contribution in [0.3, 0.4) is 0 Å². The first-order valence-electron chi connectivity index (χ1n) is 9.20. The Kier molecular flexibility index (Phi) is 4.83. The normalized spacial score (nSPS) is 24.9. The van der Waals surface area contributed by atoms with E-state index in [0.29, 0.717) is 21.6 Å². The number of halogens is 1. The number of ether oxygens (including phenoxy) is 2. The molecule has 0 aromatic heterocycles. The highest BCUT2D eigenvalue weighted by Gasteiger charge is 2.59. The summed E-state index contributed by atoms with van der Waals surface area (Å²) in [4.78, 5) is 16.7. The quantitative estimate of drug-likeness (QED) is 0.749. The van der Waals surface area contributed by atoms with Crippen molar-refractivity contribution in [2.75, 3.05) is 26.1 Å². The number of hydrogen-bond acceptors (Lipinski definition) is 4. The van der Waals surface area contributed by atoms with Crippen molar-refractivity contribution in [3.8, 4) is 11.5 Å². The lowest BCUT2D eigenvalue weighted by atomic mass is 9.78. The van der Waals surface area contributed by atoms with Crippen LogP contribution in [0.15, 0.2) is 42.5 Å². The summed E-state index contributed by atoms with van der Waals surface area (Å²) in [7, 11) is 5.09. The lowest BCUT2D eigenvalue weighted by Gasteiger charge is -2.56. The van der Waals surface area contributed by atoms with Gasteiger partial charge < -0.3 is 19.7 Å². The molecule has 2 heterocycles. The van der Waals surface area contributed by atoms with Crippen LogP contribution in [0.5, 0.6) is 11.5 Å². The number of carbonyl (C=O) groups excluding carboxylic acids is 1. The smallest absolute Gasteiger partial charge is 0.233 e. The van der Waals surface area contributed by atoms with E-state index in [9.17, 15) is 4.79 Å². The number of hydrogen-bond donors (Lipinski definition) is 1. The molecule has 3 atom stereocenters. The number of nitrogens with zero attached hydrogens (tertiary/aromatic N) is 2. The summed E-state index contributed by atoms with van der Waals surface area (Å²) in [5, 5.41) is 4.41. The monoisotopic (exact) mass is 431 g/mol. The largest absolute Gasteiger partial charge is 0.497 e. The van der Waals surface area contributed by atoms with Crippen LogP contribution in [0, 0.1) is 5.92 Å². The molecule has 0 spiro atoms. The third-order valence-electron chi connectivity index (χ3n) is 5.48. The van der Waals surface area contributed by atoms with Gasteiger partial charge in [-0.05, 0) is 55.5 Å². The van der Waals surface area contributed by atoms with E-state index in [4.69, 9.17) is 33.3 Å². The number of rotatable bonds is 3. The first kappa shape index (κ1) is 19.8. The van der Waals surface area contributed by atoms with Crippen molar-refractivity contribution in [2.45, 2.75) is 18.7 Å². The van der Waals surface area contributed by atoms with Gasteiger partial charge in [-0.15, -0.1) is 0 Å². The van der Waals surface area contributed by atoms with E-state index in [1.54, 1.807) is 32.2 Å². The van der Waals surface area contributed by atoms with Gasteiger partial charge in [0.15, 0.2) is 10.8 Å². The summed E-state index contributed by atoms with van der Waals surface area (Å²) >= 11 is 11.9. The Balaban J connectivity index is 1.92. The minimum Gasteiger partial charge on any atom is -0.497 e. The first-order chi connectivity index (χ1) is 13.8. The van der Waals surface area contributed by atoms with E-state index in [1.165, 1.54) is 0 Å². The maximum Gasteiger partial charge on any atom is 0.233 e. The molecule has 2 aromatic carbocycles. The fourth-order valence-corrected chi connectivity index (χ4v) is 4.75. The van der Waals surface area contributed by atoms with Crippen molar-refractivity contribution in [2.24, 2.45) is 5.92 Å². The Morgan fingerprint density at radius 2 is 2.07 bits per heavy atom. The van der Waals surface area contributed by atoms with Gasteiger partial charge in [0.25, 0.3) is 0 Å². The Bertz CT molecular complexity index is 999. The molecule has 2 bridgehead atoms. The number of fused-ring (bicyclic) bond motifs is 4. The zero-order chi connectivity index (χ0) is 20.9. The van der Waals surface area contributed by atoms with Gasteiger partial charge in [0.1, 0.15) is 17.4 Å². The molecule has 1 fully saturated rings. The summed E-state index contributed by atoms with van der Waals surface area (Å²) in [6.07, 6.45) is 0. The molecule has 2 aliphatic heterocycles. The molecule has 2 aromatic rings. The molecule has 4 rings (SSSR count). The van der Waals surface area contributed by atoms with E-state index in [2.05, 4.69) is 5.32 Å². The maximum atomic E-state index is 13.3. The van der Waals surface area contributed by atoms with Gasteiger partial charge >= 0.3 is 0 Å². The second-order valence-electron chi connectivity index (χ2n) is 7.51. The Morgan fingerprint density at radius 3 is 2.72 bits per heavy atom. The summed E-state index contributed by atoms with van der Waals surface area (Å²) in [6.45, 7) is 1.90. The molecule has 0 saturated carbocycles. The Morgan fingerprint density at radius 1 is 1.31 bits per heavy atom. The van der Waals surface area contributed by atoms with Crippen molar-refractivity contribution >= 4 is 40.5 Å². The standard InChI is InChI=1S/C21H22ClN3O3S/c1-21-17(19(26)24(2)3)18(15-11-14(27-4)8-9-16(15)28-21)23-20(29)25(21)13-7-5-6-12(22)10-13/h5-11,17-18H,1-4H3,(H,23,29)/t17-,18+,21-/m0/s1. The van der Waals surface area contributed by atoms with E-state index in [-0.39, 0.29) is 11.9 Å². The van der Waals surface area contributed by atoms with Gasteiger partial charge in [-0.1, -0.05) is 17.7 Å². The van der Waals surface area contributed by atoms with Crippen LogP contribution in [0.2, 0.25) is 5.02 Å². The van der Waals surface area contributed by atoms with Crippen LogP contribution in [0.4, 0.5) is 5.69 Å². The number of nitrogens with one attached hydrogen (secondary N) is 1. The number of anilines is 1. The summed E-state index contributed by atoms with van der Waals surface area (Å²) < 4.78 is 11.9. The lowest BCUT2D eigenvalue weighted by Crippen LogP contribution is -2.72. The highest BCUT2D eigenvalue weighted by Crippen LogP contribution is 2.50.